The third-order valence-corrected chi connectivity index (χ3v) is 13.2. The lowest BCUT2D eigenvalue weighted by atomic mass is 9.84. The summed E-state index contributed by atoms with van der Waals surface area (Å²) in [7, 11) is 0. The van der Waals surface area contributed by atoms with Crippen molar-refractivity contribution >= 4 is 47.4 Å². The van der Waals surface area contributed by atoms with E-state index in [4.69, 9.17) is 18.9 Å². The fourth-order valence-corrected chi connectivity index (χ4v) is 8.99. The molecule has 0 fully saturated rings. The summed E-state index contributed by atoms with van der Waals surface area (Å²) >= 11 is 0. The normalized spacial score (nSPS) is 13.6. The van der Waals surface area contributed by atoms with Crippen LogP contribution in [-0.2, 0) is 75.1 Å². The van der Waals surface area contributed by atoms with Gasteiger partial charge in [0.25, 0.3) is 11.1 Å². The minimum Gasteiger partial charge on any atom is -0.494 e. The number of carbonyl (C=O) groups is 4. The molecular formula is C58H64N6O14. The molecule has 0 saturated heterocycles. The number of allylic oxidation sites excluding steroid dienone is 2. The van der Waals surface area contributed by atoms with E-state index in [9.17, 15) is 48.6 Å². The van der Waals surface area contributed by atoms with Crippen LogP contribution >= 0.6 is 0 Å². The van der Waals surface area contributed by atoms with Crippen molar-refractivity contribution in [1.82, 2.24) is 18.3 Å². The third kappa shape index (κ3) is 11.9. The van der Waals surface area contributed by atoms with Crippen molar-refractivity contribution in [3.63, 3.8) is 0 Å². The summed E-state index contributed by atoms with van der Waals surface area (Å²) in [5.74, 6) is -4.36. The van der Waals surface area contributed by atoms with Gasteiger partial charge in [0, 0.05) is 69.7 Å². The molecule has 0 spiro atoms. The van der Waals surface area contributed by atoms with Gasteiger partial charge < -0.3 is 39.0 Å². The molecular weight excluding hydrogens is 1000 g/mol. The maximum absolute atomic E-state index is 14.2. The molecule has 0 aliphatic carbocycles. The highest BCUT2D eigenvalue weighted by Crippen LogP contribution is 2.49. The first kappa shape index (κ1) is 58.1. The number of esters is 4. The number of fused-ring (bicyclic) bond motifs is 2. The van der Waals surface area contributed by atoms with Gasteiger partial charge >= 0.3 is 35.3 Å². The number of aromatic nitrogens is 4. The van der Waals surface area contributed by atoms with E-state index in [1.165, 1.54) is 39.8 Å². The molecule has 2 N–H and O–H groups in total. The molecule has 2 aromatic heterocycles. The smallest absolute Gasteiger partial charge is 0.334 e. The van der Waals surface area contributed by atoms with E-state index in [1.807, 2.05) is 86.0 Å². The SMILES string of the molecule is C=C(C)C(=O)OCCn1c(O)c(C=C=C2N(CCN3C(=C=Cc4c(O)n(CCOC(=O)C(=C)C)c(=O)n(CCOC(=O)C(=C)C)c4=O)C(C)(C)c4ccccc43)c3ccccc3C2(C)C)c(=O)n(CCOC(=O)C(=C)C)c1=O. The van der Waals surface area contributed by atoms with Gasteiger partial charge in [0.1, 0.15) is 37.6 Å². The lowest BCUT2D eigenvalue weighted by molar-refractivity contribution is -0.140. The maximum atomic E-state index is 14.2. The number of anilines is 2. The molecule has 410 valence electrons. The van der Waals surface area contributed by atoms with Crippen molar-refractivity contribution in [2.45, 2.75) is 92.4 Å². The van der Waals surface area contributed by atoms with E-state index in [1.54, 1.807) is 0 Å². The molecule has 0 atom stereocenters. The number of ether oxygens (including phenoxy) is 4. The van der Waals surface area contributed by atoms with Gasteiger partial charge in [0.2, 0.25) is 11.8 Å². The van der Waals surface area contributed by atoms with Gasteiger partial charge in [-0.05, 0) is 78.6 Å². The molecule has 0 bridgehead atoms. The molecule has 2 aliphatic heterocycles. The van der Waals surface area contributed by atoms with Crippen LogP contribution in [0.4, 0.5) is 11.4 Å². The Morgan fingerprint density at radius 1 is 0.487 bits per heavy atom. The largest absolute Gasteiger partial charge is 0.494 e. The van der Waals surface area contributed by atoms with Crippen LogP contribution in [0.25, 0.3) is 12.2 Å². The van der Waals surface area contributed by atoms with Crippen LogP contribution in [0.15, 0.2) is 139 Å². The molecule has 0 radical (unpaired) electrons. The quantitative estimate of drug-likeness (QED) is 0.0453. The molecule has 0 unspecified atom stereocenters. The van der Waals surface area contributed by atoms with Crippen molar-refractivity contribution in [3.8, 4) is 11.8 Å². The Morgan fingerprint density at radius 3 is 1.06 bits per heavy atom. The van der Waals surface area contributed by atoms with Gasteiger partial charge in [-0.1, -0.05) is 74.2 Å². The fraction of sp³-hybridized carbons (Fsp3) is 0.345. The van der Waals surface area contributed by atoms with Crippen molar-refractivity contribution in [2.24, 2.45) is 0 Å². The number of rotatable bonds is 21. The monoisotopic (exact) mass is 1070 g/mol. The zero-order chi connectivity index (χ0) is 57.6. The summed E-state index contributed by atoms with van der Waals surface area (Å²) in [6.45, 7) is 25.5. The number of aromatic hydroxyl groups is 2. The summed E-state index contributed by atoms with van der Waals surface area (Å²) in [4.78, 5) is 109. The summed E-state index contributed by atoms with van der Waals surface area (Å²) < 4.78 is 24.2. The minimum absolute atomic E-state index is 0.105. The van der Waals surface area contributed by atoms with Gasteiger partial charge in [-0.3, -0.25) is 27.9 Å². The summed E-state index contributed by atoms with van der Waals surface area (Å²) in [5.41, 5.74) is 5.71. The highest BCUT2D eigenvalue weighted by atomic mass is 16.5. The van der Waals surface area contributed by atoms with E-state index in [2.05, 4.69) is 37.8 Å². The molecule has 4 aromatic rings. The molecule has 4 heterocycles. The van der Waals surface area contributed by atoms with Crippen LogP contribution in [0.2, 0.25) is 0 Å². The molecule has 20 nitrogen and oxygen atoms in total. The Hall–Kier alpha value is -9.12. The first-order valence-electron chi connectivity index (χ1n) is 24.9. The van der Waals surface area contributed by atoms with Crippen LogP contribution in [-0.4, -0.2) is 91.9 Å². The second-order valence-electron chi connectivity index (χ2n) is 19.8. The van der Waals surface area contributed by atoms with E-state index >= 15 is 0 Å². The molecule has 78 heavy (non-hydrogen) atoms. The highest BCUT2D eigenvalue weighted by Gasteiger charge is 2.43. The Labute approximate surface area is 450 Å². The highest BCUT2D eigenvalue weighted by molar-refractivity contribution is 5.88. The number of hydrogen-bond acceptors (Lipinski definition) is 16. The van der Waals surface area contributed by atoms with Gasteiger partial charge in [-0.25, -0.2) is 28.8 Å². The van der Waals surface area contributed by atoms with Crippen LogP contribution in [0.3, 0.4) is 0 Å². The van der Waals surface area contributed by atoms with Crippen molar-refractivity contribution < 1.29 is 48.3 Å². The lowest BCUT2D eigenvalue weighted by Crippen LogP contribution is -2.42. The average Bonchev–Trinajstić information content (AvgIpc) is 3.85. The Bertz CT molecular complexity index is 3340. The van der Waals surface area contributed by atoms with Crippen molar-refractivity contribution in [2.75, 3.05) is 49.3 Å². The zero-order valence-electron chi connectivity index (χ0n) is 45.1. The molecule has 0 saturated carbocycles. The number of hydrogen-bond donors (Lipinski definition) is 2. The van der Waals surface area contributed by atoms with Crippen LogP contribution in [0, 0.1) is 0 Å². The minimum atomic E-state index is -0.951. The number of nitrogens with zero attached hydrogens (tertiary/aromatic N) is 6. The summed E-state index contributed by atoms with van der Waals surface area (Å²) in [6, 6.07) is 15.4. The van der Waals surface area contributed by atoms with Crippen LogP contribution in [0.1, 0.15) is 77.6 Å². The molecule has 6 rings (SSSR count). The molecule has 20 heteroatoms. The van der Waals surface area contributed by atoms with E-state index < -0.39 is 69.0 Å². The molecule has 0 amide bonds. The second kappa shape index (κ2) is 23.8. The van der Waals surface area contributed by atoms with Gasteiger partial charge in [0.05, 0.1) is 37.6 Å². The molecule has 2 aliphatic rings. The fourth-order valence-electron chi connectivity index (χ4n) is 8.99. The Balaban J connectivity index is 1.47. The Morgan fingerprint density at radius 2 is 0.769 bits per heavy atom. The van der Waals surface area contributed by atoms with Crippen molar-refractivity contribution in [3.05, 3.63) is 184 Å². The third-order valence-electron chi connectivity index (χ3n) is 13.2. The van der Waals surface area contributed by atoms with Gasteiger partial charge in [-0.15, -0.1) is 0 Å². The van der Waals surface area contributed by atoms with Crippen molar-refractivity contribution in [1.29, 1.82) is 0 Å². The standard InChI is InChI=1S/C58H64N6O14/c1-35(2)51(69)75-31-27-61-47(65)39(48(66)62(55(61)73)28-32-76-52(70)36(3)4)21-23-45-57(9,10)41-17-13-15-19-43(41)59(45)25-26-60-44-20-16-14-18-42(44)58(11,12)46(60)24-22-40-49(67)63(29-33-77-53(71)37(5)6)56(74)64(50(40)68)30-34-78-54(72)38(7)8/h13-22,65,67H,1,3,5,7,25-34H2,2,4,6,8-12H3. The van der Waals surface area contributed by atoms with Gasteiger partial charge in [0.15, 0.2) is 0 Å². The van der Waals surface area contributed by atoms with Crippen LogP contribution < -0.4 is 32.3 Å². The second-order valence-corrected chi connectivity index (χ2v) is 19.8. The van der Waals surface area contributed by atoms with E-state index in [-0.39, 0.29) is 99.1 Å². The predicted molar refractivity (Wildman–Crippen MR) is 293 cm³/mol. The lowest BCUT2D eigenvalue weighted by Gasteiger charge is -2.30. The topological polar surface area (TPSA) is 240 Å². The van der Waals surface area contributed by atoms with E-state index in [0.717, 1.165) is 40.8 Å². The van der Waals surface area contributed by atoms with Crippen LogP contribution in [0.5, 0.6) is 11.8 Å². The Kier molecular flexibility index (Phi) is 17.8. The zero-order valence-corrected chi connectivity index (χ0v) is 45.1. The maximum Gasteiger partial charge on any atom is 0.334 e. The first-order valence-corrected chi connectivity index (χ1v) is 24.9. The molecule has 2 aromatic carbocycles. The summed E-state index contributed by atoms with van der Waals surface area (Å²) in [5, 5.41) is 23.3. The average molecular weight is 1070 g/mol. The predicted octanol–water partition coefficient (Wildman–Crippen LogP) is 5.51. The van der Waals surface area contributed by atoms with E-state index in [0.29, 0.717) is 11.4 Å². The van der Waals surface area contributed by atoms with Gasteiger partial charge in [-0.2, -0.15) is 0 Å². The first-order chi connectivity index (χ1) is 36.7. The summed E-state index contributed by atoms with van der Waals surface area (Å²) in [6.07, 6.45) is 2.58. The number of benzene rings is 2. The number of carbonyl (C=O) groups excluding carboxylic acids is 4. The number of para-hydroxylation sites is 2.